The van der Waals surface area contributed by atoms with Crippen molar-refractivity contribution in [2.75, 3.05) is 0 Å². The lowest BCUT2D eigenvalue weighted by Crippen LogP contribution is -2.23. The summed E-state index contributed by atoms with van der Waals surface area (Å²) in [7, 11) is 1.96. The summed E-state index contributed by atoms with van der Waals surface area (Å²) in [6.45, 7) is 7.54. The minimum absolute atomic E-state index is 0.991. The Hall–Kier alpha value is -0.980. The molecule has 1 heteroatoms. The average Bonchev–Trinajstić information content (AvgIpc) is 1.98. The average molecular weight is 107 g/mol. The normalized spacial score (nSPS) is 9.62. The van der Waals surface area contributed by atoms with Gasteiger partial charge in [-0.1, -0.05) is 13.2 Å². The first kappa shape index (κ1) is 5.16. The van der Waals surface area contributed by atoms with E-state index in [0.29, 0.717) is 0 Å². The third kappa shape index (κ3) is 0.561. The second-order valence-corrected chi connectivity index (χ2v) is 1.90. The summed E-state index contributed by atoms with van der Waals surface area (Å²) in [5, 5.41) is 2.00. The van der Waals surface area contributed by atoms with Crippen LogP contribution in [0, 0.1) is 0 Å². The molecule has 0 atom stereocenters. The highest BCUT2D eigenvalue weighted by molar-refractivity contribution is 5.10. The van der Waals surface area contributed by atoms with Gasteiger partial charge in [-0.3, -0.25) is 0 Å². The molecule has 0 saturated heterocycles. The molecule has 1 aromatic rings. The third-order valence-electron chi connectivity index (χ3n) is 1.30. The van der Waals surface area contributed by atoms with Gasteiger partial charge in [0.15, 0.2) is 0 Å². The van der Waals surface area contributed by atoms with Gasteiger partial charge in [0.1, 0.15) is 0 Å². The molecule has 0 aromatic carbocycles. The van der Waals surface area contributed by atoms with Gasteiger partial charge < -0.3 is 4.57 Å². The van der Waals surface area contributed by atoms with E-state index < -0.39 is 0 Å². The first-order valence-corrected chi connectivity index (χ1v) is 2.51. The summed E-state index contributed by atoms with van der Waals surface area (Å²) in [5.41, 5.74) is 0. The van der Waals surface area contributed by atoms with Crippen LogP contribution < -0.4 is 10.6 Å². The smallest absolute Gasteiger partial charge is 0.0398 e. The molecular weight excluding hydrogens is 98.1 g/mol. The van der Waals surface area contributed by atoms with Gasteiger partial charge in [0.25, 0.3) is 0 Å². The van der Waals surface area contributed by atoms with Gasteiger partial charge in [-0.05, 0) is 11.3 Å². The Bertz CT molecular complexity index is 269. The monoisotopic (exact) mass is 107 g/mol. The summed E-state index contributed by atoms with van der Waals surface area (Å²) in [5.74, 6) is 0. The van der Waals surface area contributed by atoms with Crippen LogP contribution in [0.3, 0.4) is 0 Å². The molecule has 1 aromatic heterocycles. The molecule has 0 saturated carbocycles. The van der Waals surface area contributed by atoms with Gasteiger partial charge in [-0.25, -0.2) is 0 Å². The maximum Gasteiger partial charge on any atom is 0.0398 e. The van der Waals surface area contributed by atoms with E-state index in [4.69, 9.17) is 0 Å². The van der Waals surface area contributed by atoms with Crippen LogP contribution in [0.5, 0.6) is 0 Å². The van der Waals surface area contributed by atoms with Crippen molar-refractivity contribution in [2.24, 2.45) is 7.05 Å². The van der Waals surface area contributed by atoms with Gasteiger partial charge in [0, 0.05) is 18.6 Å². The van der Waals surface area contributed by atoms with Crippen molar-refractivity contribution < 1.29 is 0 Å². The molecule has 1 nitrogen and oxygen atoms in total. The summed E-state index contributed by atoms with van der Waals surface area (Å²) >= 11 is 0. The predicted octanol–water partition coefficient (Wildman–Crippen LogP) is -0.154. The zero-order chi connectivity index (χ0) is 6.15. The first-order chi connectivity index (χ1) is 3.72. The second-order valence-electron chi connectivity index (χ2n) is 1.90. The maximum atomic E-state index is 3.78. The van der Waals surface area contributed by atoms with E-state index in [0.717, 1.165) is 10.6 Å². The number of nitrogens with zero attached hydrogens (tertiary/aromatic N) is 1. The van der Waals surface area contributed by atoms with Crippen LogP contribution in [0.1, 0.15) is 0 Å². The Morgan fingerprint density at radius 2 is 2.12 bits per heavy atom. The highest BCUT2D eigenvalue weighted by Crippen LogP contribution is 1.63. The van der Waals surface area contributed by atoms with Crippen molar-refractivity contribution in [2.45, 2.75) is 0 Å². The highest BCUT2D eigenvalue weighted by Gasteiger charge is 1.80. The molecular formula is C7H9N. The lowest BCUT2D eigenvalue weighted by molar-refractivity contribution is 0.891. The summed E-state index contributed by atoms with van der Waals surface area (Å²) < 4.78 is 1.95. The summed E-state index contributed by atoms with van der Waals surface area (Å²) in [4.78, 5) is 0. The Balaban J connectivity index is 3.66. The van der Waals surface area contributed by atoms with Crippen LogP contribution in [0.15, 0.2) is 12.3 Å². The lowest BCUT2D eigenvalue weighted by Gasteiger charge is -1.83. The molecule has 0 radical (unpaired) electrons. The van der Waals surface area contributed by atoms with Gasteiger partial charge in [0.2, 0.25) is 0 Å². The second kappa shape index (κ2) is 1.51. The molecule has 1 heterocycles. The van der Waals surface area contributed by atoms with Crippen molar-refractivity contribution in [3.05, 3.63) is 22.8 Å². The van der Waals surface area contributed by atoms with Crippen molar-refractivity contribution >= 4 is 13.2 Å². The van der Waals surface area contributed by atoms with Crippen LogP contribution in [0.4, 0.5) is 0 Å². The zero-order valence-corrected chi connectivity index (χ0v) is 5.02. The topological polar surface area (TPSA) is 4.93 Å². The Labute approximate surface area is 48.6 Å². The van der Waals surface area contributed by atoms with Crippen molar-refractivity contribution in [1.82, 2.24) is 4.57 Å². The molecule has 0 fully saturated rings. The molecule has 0 aliphatic carbocycles. The maximum absolute atomic E-state index is 3.78. The number of rotatable bonds is 0. The Morgan fingerprint density at radius 3 is 2.25 bits per heavy atom. The summed E-state index contributed by atoms with van der Waals surface area (Å²) in [6.07, 6.45) is 1.95. The Morgan fingerprint density at radius 1 is 1.50 bits per heavy atom. The third-order valence-corrected chi connectivity index (χ3v) is 1.30. The van der Waals surface area contributed by atoms with E-state index in [1.807, 2.05) is 23.9 Å². The quantitative estimate of drug-likeness (QED) is 0.434. The van der Waals surface area contributed by atoms with Gasteiger partial charge in [-0.15, -0.1) is 0 Å². The molecule has 0 N–H and O–H groups in total. The van der Waals surface area contributed by atoms with Crippen LogP contribution in [-0.2, 0) is 7.05 Å². The van der Waals surface area contributed by atoms with Crippen LogP contribution >= 0.6 is 0 Å². The molecule has 8 heavy (non-hydrogen) atoms. The van der Waals surface area contributed by atoms with Gasteiger partial charge >= 0.3 is 0 Å². The number of aryl methyl sites for hydroxylation is 1. The van der Waals surface area contributed by atoms with Crippen molar-refractivity contribution in [3.63, 3.8) is 0 Å². The lowest BCUT2D eigenvalue weighted by atomic mass is 10.5. The van der Waals surface area contributed by atoms with E-state index in [1.54, 1.807) is 0 Å². The van der Waals surface area contributed by atoms with Crippen molar-refractivity contribution in [1.29, 1.82) is 0 Å². The number of hydrogen-bond acceptors (Lipinski definition) is 0. The zero-order valence-electron chi connectivity index (χ0n) is 5.02. The molecule has 0 spiro atoms. The molecule has 0 bridgehead atoms. The van der Waals surface area contributed by atoms with E-state index in [1.165, 1.54) is 0 Å². The molecule has 42 valence electrons. The molecule has 0 unspecified atom stereocenters. The fourth-order valence-electron chi connectivity index (χ4n) is 0.614. The molecule has 0 amide bonds. The highest BCUT2D eigenvalue weighted by atomic mass is 14.9. The first-order valence-electron chi connectivity index (χ1n) is 2.51. The number of hydrogen-bond donors (Lipinski definition) is 0. The fourth-order valence-corrected chi connectivity index (χ4v) is 0.614. The standard InChI is InChI=1S/C7H9N/c1-6-4-5-8(3)7(6)2/h4-5H,1-2H2,3H3. The van der Waals surface area contributed by atoms with E-state index in [2.05, 4.69) is 13.2 Å². The minimum Gasteiger partial charge on any atom is -0.351 e. The molecule has 0 aliphatic heterocycles. The summed E-state index contributed by atoms with van der Waals surface area (Å²) in [6, 6.07) is 1.95. The fraction of sp³-hybridized carbons (Fsp3) is 0.143. The molecule has 0 aliphatic rings. The van der Waals surface area contributed by atoms with Gasteiger partial charge in [0.05, 0.1) is 0 Å². The number of aromatic nitrogens is 1. The van der Waals surface area contributed by atoms with Crippen LogP contribution in [0.2, 0.25) is 0 Å². The van der Waals surface area contributed by atoms with E-state index in [9.17, 15) is 0 Å². The van der Waals surface area contributed by atoms with Gasteiger partial charge in [-0.2, -0.15) is 0 Å². The predicted molar refractivity (Wildman–Crippen MR) is 35.7 cm³/mol. The Kier molecular flexibility index (Phi) is 0.975. The minimum atomic E-state index is 0.991. The SMILES string of the molecule is C=c1ccn(C)c1=C. The van der Waals surface area contributed by atoms with Crippen molar-refractivity contribution in [3.8, 4) is 0 Å². The van der Waals surface area contributed by atoms with Crippen LogP contribution in [-0.4, -0.2) is 4.57 Å². The largest absolute Gasteiger partial charge is 0.351 e. The molecule has 1 rings (SSSR count). The van der Waals surface area contributed by atoms with E-state index in [-0.39, 0.29) is 0 Å². The van der Waals surface area contributed by atoms with Crippen LogP contribution in [0.25, 0.3) is 13.2 Å². The van der Waals surface area contributed by atoms with E-state index >= 15 is 0 Å².